The van der Waals surface area contributed by atoms with Crippen molar-refractivity contribution >= 4 is 5.91 Å². The van der Waals surface area contributed by atoms with Crippen LogP contribution in [0.5, 0.6) is 0 Å². The first-order valence-electron chi connectivity index (χ1n) is 5.03. The third-order valence-electron chi connectivity index (χ3n) is 2.51. The van der Waals surface area contributed by atoms with E-state index in [1.165, 1.54) is 12.1 Å². The standard InChI is InChI=1S/C11H13FN2O/c12-10-4-2-1-3-9(10)11(15)14-8-5-6-13-7-8/h1-4,8,13H,5-7H2,(H,14,15)/t8-/m1/s1. The normalized spacial score (nSPS) is 20.2. The predicted octanol–water partition coefficient (Wildman–Crippen LogP) is 0.917. The number of carbonyl (C=O) groups is 1. The molecule has 0 aromatic heterocycles. The molecule has 1 fully saturated rings. The fourth-order valence-electron chi connectivity index (χ4n) is 1.69. The Morgan fingerprint density at radius 1 is 1.47 bits per heavy atom. The highest BCUT2D eigenvalue weighted by Gasteiger charge is 2.18. The molecule has 0 radical (unpaired) electrons. The van der Waals surface area contributed by atoms with Gasteiger partial charge in [0.05, 0.1) is 5.56 Å². The maximum absolute atomic E-state index is 13.2. The van der Waals surface area contributed by atoms with Gasteiger partial charge in [-0.25, -0.2) is 4.39 Å². The average Bonchev–Trinajstić information content (AvgIpc) is 2.71. The summed E-state index contributed by atoms with van der Waals surface area (Å²) < 4.78 is 13.2. The van der Waals surface area contributed by atoms with E-state index in [2.05, 4.69) is 10.6 Å². The first kappa shape index (κ1) is 10.1. The molecule has 2 rings (SSSR count). The van der Waals surface area contributed by atoms with Crippen LogP contribution in [0.3, 0.4) is 0 Å². The Morgan fingerprint density at radius 2 is 2.27 bits per heavy atom. The molecular formula is C11H13FN2O. The first-order chi connectivity index (χ1) is 7.27. The van der Waals surface area contributed by atoms with Crippen LogP contribution in [0.4, 0.5) is 4.39 Å². The lowest BCUT2D eigenvalue weighted by atomic mass is 10.1. The van der Waals surface area contributed by atoms with Crippen molar-refractivity contribution < 1.29 is 9.18 Å². The Hall–Kier alpha value is -1.42. The van der Waals surface area contributed by atoms with Crippen LogP contribution in [0.1, 0.15) is 16.8 Å². The van der Waals surface area contributed by atoms with E-state index in [0.29, 0.717) is 0 Å². The maximum Gasteiger partial charge on any atom is 0.254 e. The fourth-order valence-corrected chi connectivity index (χ4v) is 1.69. The van der Waals surface area contributed by atoms with E-state index in [-0.39, 0.29) is 17.5 Å². The highest BCUT2D eigenvalue weighted by atomic mass is 19.1. The van der Waals surface area contributed by atoms with Crippen LogP contribution in [0.25, 0.3) is 0 Å². The van der Waals surface area contributed by atoms with E-state index in [4.69, 9.17) is 0 Å². The molecule has 1 heterocycles. The molecule has 3 nitrogen and oxygen atoms in total. The molecule has 0 unspecified atom stereocenters. The van der Waals surface area contributed by atoms with E-state index in [0.717, 1.165) is 19.5 Å². The molecule has 15 heavy (non-hydrogen) atoms. The smallest absolute Gasteiger partial charge is 0.254 e. The fraction of sp³-hybridized carbons (Fsp3) is 0.364. The second kappa shape index (κ2) is 4.40. The lowest BCUT2D eigenvalue weighted by Crippen LogP contribution is -2.36. The molecule has 1 aliphatic heterocycles. The van der Waals surface area contributed by atoms with Gasteiger partial charge in [-0.15, -0.1) is 0 Å². The summed E-state index contributed by atoms with van der Waals surface area (Å²) in [4.78, 5) is 11.6. The molecule has 1 amide bonds. The van der Waals surface area contributed by atoms with Gasteiger partial charge in [-0.3, -0.25) is 4.79 Å². The van der Waals surface area contributed by atoms with E-state index in [1.807, 2.05) is 0 Å². The van der Waals surface area contributed by atoms with Crippen molar-refractivity contribution in [3.05, 3.63) is 35.6 Å². The summed E-state index contributed by atoms with van der Waals surface area (Å²) in [5, 5.41) is 5.93. The number of amides is 1. The Balaban J connectivity index is 2.04. The topological polar surface area (TPSA) is 41.1 Å². The largest absolute Gasteiger partial charge is 0.348 e. The van der Waals surface area contributed by atoms with Crippen molar-refractivity contribution in [3.8, 4) is 0 Å². The van der Waals surface area contributed by atoms with Crippen LogP contribution < -0.4 is 10.6 Å². The van der Waals surface area contributed by atoms with Crippen molar-refractivity contribution in [2.24, 2.45) is 0 Å². The zero-order valence-electron chi connectivity index (χ0n) is 8.29. The average molecular weight is 208 g/mol. The third-order valence-corrected chi connectivity index (χ3v) is 2.51. The van der Waals surface area contributed by atoms with Crippen molar-refractivity contribution in [2.75, 3.05) is 13.1 Å². The van der Waals surface area contributed by atoms with Gasteiger partial charge in [0.1, 0.15) is 5.82 Å². The SMILES string of the molecule is O=C(N[C@@H]1CCNC1)c1ccccc1F. The Bertz CT molecular complexity index is 361. The summed E-state index contributed by atoms with van der Waals surface area (Å²) in [7, 11) is 0. The molecule has 4 heteroatoms. The van der Waals surface area contributed by atoms with Gasteiger partial charge < -0.3 is 10.6 Å². The number of rotatable bonds is 2. The zero-order valence-corrected chi connectivity index (χ0v) is 8.29. The lowest BCUT2D eigenvalue weighted by molar-refractivity contribution is 0.0936. The van der Waals surface area contributed by atoms with E-state index < -0.39 is 5.82 Å². The molecular weight excluding hydrogens is 195 g/mol. The van der Waals surface area contributed by atoms with Crippen molar-refractivity contribution in [1.29, 1.82) is 0 Å². The molecule has 80 valence electrons. The minimum Gasteiger partial charge on any atom is -0.348 e. The monoisotopic (exact) mass is 208 g/mol. The summed E-state index contributed by atoms with van der Waals surface area (Å²) in [6.45, 7) is 1.67. The van der Waals surface area contributed by atoms with Crippen molar-refractivity contribution in [3.63, 3.8) is 0 Å². The predicted molar refractivity (Wildman–Crippen MR) is 55.1 cm³/mol. The van der Waals surface area contributed by atoms with Gasteiger partial charge in [-0.05, 0) is 25.1 Å². The van der Waals surface area contributed by atoms with Crippen LogP contribution >= 0.6 is 0 Å². The highest BCUT2D eigenvalue weighted by Crippen LogP contribution is 2.07. The molecule has 0 aliphatic carbocycles. The first-order valence-corrected chi connectivity index (χ1v) is 5.03. The quantitative estimate of drug-likeness (QED) is 0.758. The Labute approximate surface area is 87.7 Å². The summed E-state index contributed by atoms with van der Waals surface area (Å²) in [6, 6.07) is 6.14. The van der Waals surface area contributed by atoms with E-state index in [9.17, 15) is 9.18 Å². The molecule has 0 bridgehead atoms. The summed E-state index contributed by atoms with van der Waals surface area (Å²) >= 11 is 0. The number of carbonyl (C=O) groups excluding carboxylic acids is 1. The van der Waals surface area contributed by atoms with Crippen LogP contribution in [-0.4, -0.2) is 25.0 Å². The van der Waals surface area contributed by atoms with Gasteiger partial charge in [0.15, 0.2) is 0 Å². The van der Waals surface area contributed by atoms with E-state index in [1.54, 1.807) is 12.1 Å². The van der Waals surface area contributed by atoms with Crippen LogP contribution in [0.2, 0.25) is 0 Å². The molecule has 1 aliphatic rings. The summed E-state index contributed by atoms with van der Waals surface area (Å²) in [6.07, 6.45) is 0.903. The van der Waals surface area contributed by atoms with Crippen LogP contribution in [-0.2, 0) is 0 Å². The van der Waals surface area contributed by atoms with Crippen molar-refractivity contribution in [1.82, 2.24) is 10.6 Å². The summed E-state index contributed by atoms with van der Waals surface area (Å²) in [5.74, 6) is -0.803. The summed E-state index contributed by atoms with van der Waals surface area (Å²) in [5.41, 5.74) is 0.115. The van der Waals surface area contributed by atoms with Gasteiger partial charge in [0.2, 0.25) is 0 Å². The Kier molecular flexibility index (Phi) is 2.97. The van der Waals surface area contributed by atoms with Gasteiger partial charge in [0.25, 0.3) is 5.91 Å². The van der Waals surface area contributed by atoms with Crippen molar-refractivity contribution in [2.45, 2.75) is 12.5 Å². The number of hydrogen-bond donors (Lipinski definition) is 2. The number of benzene rings is 1. The maximum atomic E-state index is 13.2. The van der Waals surface area contributed by atoms with E-state index >= 15 is 0 Å². The van der Waals surface area contributed by atoms with Crippen LogP contribution in [0.15, 0.2) is 24.3 Å². The Morgan fingerprint density at radius 3 is 2.93 bits per heavy atom. The molecule has 2 N–H and O–H groups in total. The molecule has 0 spiro atoms. The zero-order chi connectivity index (χ0) is 10.7. The molecule has 0 saturated carbocycles. The third kappa shape index (κ3) is 2.33. The molecule has 1 saturated heterocycles. The lowest BCUT2D eigenvalue weighted by Gasteiger charge is -2.11. The highest BCUT2D eigenvalue weighted by molar-refractivity contribution is 5.94. The number of halogens is 1. The minimum atomic E-state index is -0.471. The second-order valence-corrected chi connectivity index (χ2v) is 3.64. The van der Waals surface area contributed by atoms with Gasteiger partial charge >= 0.3 is 0 Å². The number of hydrogen-bond acceptors (Lipinski definition) is 2. The van der Waals surface area contributed by atoms with Gasteiger partial charge in [0, 0.05) is 12.6 Å². The molecule has 1 aromatic rings. The molecule has 1 aromatic carbocycles. The second-order valence-electron chi connectivity index (χ2n) is 3.64. The number of nitrogens with one attached hydrogen (secondary N) is 2. The molecule has 1 atom stereocenters. The minimum absolute atomic E-state index is 0.115. The van der Waals surface area contributed by atoms with Gasteiger partial charge in [-0.2, -0.15) is 0 Å². The van der Waals surface area contributed by atoms with Gasteiger partial charge in [-0.1, -0.05) is 12.1 Å². The van der Waals surface area contributed by atoms with Crippen LogP contribution in [0, 0.1) is 5.82 Å².